The zero-order chi connectivity index (χ0) is 20.5. The number of hydrogen-bond donors (Lipinski definition) is 2. The van der Waals surface area contributed by atoms with Crippen LogP contribution in [0.15, 0.2) is 42.9 Å². The van der Waals surface area contributed by atoms with Gasteiger partial charge in [0.05, 0.1) is 5.56 Å². The third kappa shape index (κ3) is 3.52. The van der Waals surface area contributed by atoms with Gasteiger partial charge in [-0.1, -0.05) is 0 Å². The van der Waals surface area contributed by atoms with Crippen LogP contribution in [0.4, 0.5) is 5.95 Å². The minimum Gasteiger partial charge on any atom is -0.480 e. The minimum absolute atomic E-state index is 0.139. The number of piperazine rings is 1. The molecule has 1 aliphatic rings. The number of aliphatic carboxylic acids is 1. The fourth-order valence-corrected chi connectivity index (χ4v) is 3.89. The summed E-state index contributed by atoms with van der Waals surface area (Å²) in [6.45, 7) is 2.28. The molecular weight excluding hydrogens is 374 g/mol. The van der Waals surface area contributed by atoms with Gasteiger partial charge in [-0.25, -0.2) is 14.8 Å². The van der Waals surface area contributed by atoms with Crippen molar-refractivity contribution in [3.63, 3.8) is 0 Å². The Bertz CT molecular complexity index is 1060. The van der Waals surface area contributed by atoms with Crippen molar-refractivity contribution in [2.45, 2.75) is 6.04 Å². The molecule has 3 heterocycles. The molecule has 29 heavy (non-hydrogen) atoms. The predicted octanol–water partition coefficient (Wildman–Crippen LogP) is 1.61. The maximum atomic E-state index is 12.2. The molecule has 9 nitrogen and oxygen atoms in total. The first-order chi connectivity index (χ1) is 14.0. The molecule has 1 fully saturated rings. The van der Waals surface area contributed by atoms with Crippen LogP contribution in [0.5, 0.6) is 0 Å². The molecule has 0 saturated carbocycles. The third-order valence-corrected chi connectivity index (χ3v) is 5.31. The maximum Gasteiger partial charge on any atom is 0.335 e. The van der Waals surface area contributed by atoms with Crippen LogP contribution in [0, 0.1) is 0 Å². The number of carboxylic acids is 2. The standard InChI is InChI=1S/C20H21N5O4/c1-23-12-15(14-11-13(18(26)27)3-4-16(14)23)17(19(28)29)24-7-9-25(10-8-24)20-21-5-2-6-22-20/h2-6,11-12,17H,7-10H2,1H3,(H,26,27)(H,28,29). The summed E-state index contributed by atoms with van der Waals surface area (Å²) in [4.78, 5) is 36.1. The Morgan fingerprint density at radius 1 is 1.07 bits per heavy atom. The lowest BCUT2D eigenvalue weighted by atomic mass is 10.0. The molecule has 1 atom stereocenters. The van der Waals surface area contributed by atoms with E-state index >= 15 is 0 Å². The zero-order valence-corrected chi connectivity index (χ0v) is 15.9. The summed E-state index contributed by atoms with van der Waals surface area (Å²) < 4.78 is 1.83. The average Bonchev–Trinajstić information content (AvgIpc) is 3.05. The third-order valence-electron chi connectivity index (χ3n) is 5.31. The van der Waals surface area contributed by atoms with E-state index in [0.29, 0.717) is 43.1 Å². The molecule has 1 unspecified atom stereocenters. The molecule has 2 aromatic heterocycles. The number of benzene rings is 1. The first-order valence-corrected chi connectivity index (χ1v) is 9.27. The summed E-state index contributed by atoms with van der Waals surface area (Å²) >= 11 is 0. The van der Waals surface area contributed by atoms with Crippen LogP contribution in [-0.4, -0.2) is 67.8 Å². The van der Waals surface area contributed by atoms with Gasteiger partial charge in [-0.3, -0.25) is 9.69 Å². The number of aromatic nitrogens is 3. The lowest BCUT2D eigenvalue weighted by molar-refractivity contribution is -0.143. The van der Waals surface area contributed by atoms with E-state index in [4.69, 9.17) is 0 Å². The van der Waals surface area contributed by atoms with Crippen LogP contribution in [0.3, 0.4) is 0 Å². The number of carboxylic acid groups (broad SMARTS) is 2. The molecular formula is C20H21N5O4. The Labute approximate surface area is 166 Å². The van der Waals surface area contributed by atoms with Crippen molar-refractivity contribution < 1.29 is 19.8 Å². The number of aromatic carboxylic acids is 1. The topological polar surface area (TPSA) is 112 Å². The van der Waals surface area contributed by atoms with Crippen LogP contribution < -0.4 is 4.90 Å². The molecule has 1 aliphatic heterocycles. The Morgan fingerprint density at radius 2 is 1.76 bits per heavy atom. The van der Waals surface area contributed by atoms with E-state index < -0.39 is 18.0 Å². The highest BCUT2D eigenvalue weighted by Gasteiger charge is 2.33. The lowest BCUT2D eigenvalue weighted by Crippen LogP contribution is -2.49. The molecule has 2 N–H and O–H groups in total. The van der Waals surface area contributed by atoms with E-state index in [-0.39, 0.29) is 5.56 Å². The van der Waals surface area contributed by atoms with Gasteiger partial charge in [0.2, 0.25) is 5.95 Å². The highest BCUT2D eigenvalue weighted by Crippen LogP contribution is 2.32. The molecule has 3 aromatic rings. The van der Waals surface area contributed by atoms with Gasteiger partial charge in [-0.2, -0.15) is 0 Å². The normalized spacial score (nSPS) is 16.1. The molecule has 1 aromatic carbocycles. The Hall–Kier alpha value is -3.46. The molecule has 0 spiro atoms. The van der Waals surface area contributed by atoms with Crippen molar-refractivity contribution in [2.24, 2.45) is 7.05 Å². The van der Waals surface area contributed by atoms with Crippen LogP contribution in [-0.2, 0) is 11.8 Å². The van der Waals surface area contributed by atoms with E-state index in [1.807, 2.05) is 21.4 Å². The molecule has 9 heteroatoms. The van der Waals surface area contributed by atoms with Gasteiger partial charge in [0.25, 0.3) is 0 Å². The maximum absolute atomic E-state index is 12.2. The highest BCUT2D eigenvalue weighted by atomic mass is 16.4. The molecule has 0 radical (unpaired) electrons. The summed E-state index contributed by atoms with van der Waals surface area (Å²) in [5.41, 5.74) is 1.54. The second-order valence-corrected chi connectivity index (χ2v) is 7.05. The fraction of sp³-hybridized carbons (Fsp3) is 0.300. The first-order valence-electron chi connectivity index (χ1n) is 9.27. The number of rotatable bonds is 5. The van der Waals surface area contributed by atoms with E-state index in [1.54, 1.807) is 36.8 Å². The number of fused-ring (bicyclic) bond motifs is 1. The SMILES string of the molecule is Cn1cc(C(C(=O)O)N2CCN(c3ncccn3)CC2)c2cc(C(=O)O)ccc21. The van der Waals surface area contributed by atoms with Crippen molar-refractivity contribution in [3.8, 4) is 0 Å². The quantitative estimate of drug-likeness (QED) is 0.670. The number of nitrogens with zero attached hydrogens (tertiary/aromatic N) is 5. The van der Waals surface area contributed by atoms with E-state index in [2.05, 4.69) is 9.97 Å². The van der Waals surface area contributed by atoms with Gasteiger partial charge in [0.15, 0.2) is 0 Å². The van der Waals surface area contributed by atoms with Crippen LogP contribution in [0.2, 0.25) is 0 Å². The van der Waals surface area contributed by atoms with Crippen LogP contribution in [0.1, 0.15) is 22.0 Å². The van der Waals surface area contributed by atoms with E-state index in [1.165, 1.54) is 6.07 Å². The molecule has 0 amide bonds. The van der Waals surface area contributed by atoms with E-state index in [9.17, 15) is 19.8 Å². The van der Waals surface area contributed by atoms with Gasteiger partial charge in [-0.15, -0.1) is 0 Å². The molecule has 1 saturated heterocycles. The average molecular weight is 395 g/mol. The lowest BCUT2D eigenvalue weighted by Gasteiger charge is -2.37. The van der Waals surface area contributed by atoms with Gasteiger partial charge >= 0.3 is 11.9 Å². The summed E-state index contributed by atoms with van der Waals surface area (Å²) in [5, 5.41) is 20.0. The summed E-state index contributed by atoms with van der Waals surface area (Å²) in [6.07, 6.45) is 5.15. The van der Waals surface area contributed by atoms with Crippen molar-refractivity contribution in [2.75, 3.05) is 31.1 Å². The van der Waals surface area contributed by atoms with Crippen LogP contribution >= 0.6 is 0 Å². The van der Waals surface area contributed by atoms with Crippen molar-refractivity contribution in [3.05, 3.63) is 54.0 Å². The predicted molar refractivity (Wildman–Crippen MR) is 106 cm³/mol. The van der Waals surface area contributed by atoms with Gasteiger partial charge in [-0.05, 0) is 24.3 Å². The summed E-state index contributed by atoms with van der Waals surface area (Å²) in [6, 6.07) is 5.69. The fourth-order valence-electron chi connectivity index (χ4n) is 3.89. The molecule has 0 aliphatic carbocycles. The second-order valence-electron chi connectivity index (χ2n) is 7.05. The van der Waals surface area contributed by atoms with Gasteiger partial charge in [0.1, 0.15) is 6.04 Å². The highest BCUT2D eigenvalue weighted by molar-refractivity contribution is 5.96. The summed E-state index contributed by atoms with van der Waals surface area (Å²) in [7, 11) is 1.83. The van der Waals surface area contributed by atoms with Gasteiger partial charge < -0.3 is 19.7 Å². The Balaban J connectivity index is 1.64. The number of anilines is 1. The zero-order valence-electron chi connectivity index (χ0n) is 15.9. The van der Waals surface area contributed by atoms with Crippen molar-refractivity contribution in [1.29, 1.82) is 0 Å². The number of carbonyl (C=O) groups is 2. The minimum atomic E-state index is -1.04. The first kappa shape index (κ1) is 18.9. The molecule has 4 rings (SSSR count). The molecule has 0 bridgehead atoms. The Morgan fingerprint density at radius 3 is 2.38 bits per heavy atom. The number of hydrogen-bond acceptors (Lipinski definition) is 6. The molecule has 150 valence electrons. The van der Waals surface area contributed by atoms with Gasteiger partial charge in [0, 0.05) is 68.3 Å². The Kier molecular flexibility index (Phi) is 4.89. The second kappa shape index (κ2) is 7.51. The van der Waals surface area contributed by atoms with E-state index in [0.717, 1.165) is 5.52 Å². The van der Waals surface area contributed by atoms with Crippen LogP contribution in [0.25, 0.3) is 10.9 Å². The number of aryl methyl sites for hydroxylation is 1. The van der Waals surface area contributed by atoms with Crippen molar-refractivity contribution >= 4 is 28.8 Å². The monoisotopic (exact) mass is 395 g/mol. The smallest absolute Gasteiger partial charge is 0.335 e. The largest absolute Gasteiger partial charge is 0.480 e. The summed E-state index contributed by atoms with van der Waals surface area (Å²) in [5.74, 6) is -1.36. The van der Waals surface area contributed by atoms with Crippen molar-refractivity contribution in [1.82, 2.24) is 19.4 Å².